The number of imidazole rings is 1. The Hall–Kier alpha value is -2.72. The summed E-state index contributed by atoms with van der Waals surface area (Å²) in [4.78, 5) is 16.9. The summed E-state index contributed by atoms with van der Waals surface area (Å²) in [7, 11) is 0. The predicted molar refractivity (Wildman–Crippen MR) is 95.8 cm³/mol. The van der Waals surface area contributed by atoms with Gasteiger partial charge in [0.2, 0.25) is 5.91 Å². The van der Waals surface area contributed by atoms with Gasteiger partial charge in [0.05, 0.1) is 41.6 Å². The Kier molecular flexibility index (Phi) is 5.41. The molecule has 0 saturated heterocycles. The minimum atomic E-state index is -0.312. The van der Waals surface area contributed by atoms with Crippen molar-refractivity contribution in [3.8, 4) is 6.07 Å². The molecule has 0 spiro atoms. The second-order valence-electron chi connectivity index (χ2n) is 5.50. The fourth-order valence-corrected chi connectivity index (χ4v) is 3.44. The molecule has 0 aliphatic carbocycles. The number of hydrogen-bond donors (Lipinski definition) is 1. The zero-order chi connectivity index (χ0) is 17.6. The van der Waals surface area contributed by atoms with E-state index in [1.165, 1.54) is 11.8 Å². The number of nitrogens with one attached hydrogen (secondary N) is 1. The summed E-state index contributed by atoms with van der Waals surface area (Å²) in [6.07, 6.45) is 1.98. The molecule has 7 heteroatoms. The normalized spacial score (nSPS) is 12.0. The fourth-order valence-electron chi connectivity index (χ4n) is 2.46. The third-order valence-corrected chi connectivity index (χ3v) is 4.83. The molecule has 0 aliphatic heterocycles. The number of carbonyl (C=O) groups excluding carboxylic acids is 1. The van der Waals surface area contributed by atoms with Gasteiger partial charge in [0.1, 0.15) is 5.76 Å². The van der Waals surface area contributed by atoms with Crippen LogP contribution in [0.4, 0.5) is 0 Å². The van der Waals surface area contributed by atoms with E-state index in [2.05, 4.69) is 16.4 Å². The molecule has 0 saturated carbocycles. The number of nitriles is 1. The third kappa shape index (κ3) is 4.03. The van der Waals surface area contributed by atoms with Crippen molar-refractivity contribution in [2.75, 3.05) is 0 Å². The second kappa shape index (κ2) is 7.90. The van der Waals surface area contributed by atoms with Gasteiger partial charge in [-0.3, -0.25) is 4.79 Å². The average molecular weight is 354 g/mol. The highest BCUT2D eigenvalue weighted by Crippen LogP contribution is 2.27. The minimum Gasteiger partial charge on any atom is -0.467 e. The first kappa shape index (κ1) is 17.1. The quantitative estimate of drug-likeness (QED) is 0.658. The number of hydrogen-bond acceptors (Lipinski definition) is 5. The molecule has 0 radical (unpaired) electrons. The van der Waals surface area contributed by atoms with Crippen molar-refractivity contribution in [2.24, 2.45) is 0 Å². The molecule has 3 rings (SSSR count). The zero-order valence-corrected chi connectivity index (χ0v) is 14.6. The van der Waals surface area contributed by atoms with Gasteiger partial charge in [-0.05, 0) is 31.2 Å². The van der Waals surface area contributed by atoms with Gasteiger partial charge in [0.15, 0.2) is 5.16 Å². The molecular weight excluding hydrogens is 336 g/mol. The highest BCUT2D eigenvalue weighted by molar-refractivity contribution is 8.00. The van der Waals surface area contributed by atoms with Crippen LogP contribution in [-0.2, 0) is 17.9 Å². The van der Waals surface area contributed by atoms with Crippen molar-refractivity contribution < 1.29 is 9.21 Å². The number of thioether (sulfide) groups is 1. The van der Waals surface area contributed by atoms with E-state index in [9.17, 15) is 4.79 Å². The molecule has 0 bridgehead atoms. The molecular formula is C18H18N4O2S. The number of amides is 1. The predicted octanol–water partition coefficient (Wildman–Crippen LogP) is 3.34. The number of nitrogens with zero attached hydrogens (tertiary/aromatic N) is 3. The van der Waals surface area contributed by atoms with Crippen LogP contribution in [0.3, 0.4) is 0 Å². The number of aromatic nitrogens is 2. The Bertz CT molecular complexity index is 896. The fraction of sp³-hybridized carbons (Fsp3) is 0.278. The summed E-state index contributed by atoms with van der Waals surface area (Å²) in [6.45, 7) is 2.76. The van der Waals surface area contributed by atoms with Crippen molar-refractivity contribution in [3.05, 3.63) is 48.4 Å². The molecule has 0 fully saturated rings. The SMILES string of the molecule is CC(Sc1nc2ccccc2n1CCC#N)C(=O)NCc1ccco1. The van der Waals surface area contributed by atoms with Crippen LogP contribution in [0.5, 0.6) is 0 Å². The first-order chi connectivity index (χ1) is 12.2. The zero-order valence-electron chi connectivity index (χ0n) is 13.8. The van der Waals surface area contributed by atoms with Gasteiger partial charge in [-0.2, -0.15) is 5.26 Å². The summed E-state index contributed by atoms with van der Waals surface area (Å²) in [5, 5.41) is 12.2. The van der Waals surface area contributed by atoms with Crippen molar-refractivity contribution >= 4 is 28.7 Å². The Morgan fingerprint density at radius 1 is 1.40 bits per heavy atom. The van der Waals surface area contributed by atoms with Crippen LogP contribution in [0.1, 0.15) is 19.1 Å². The Labute approximate surface area is 149 Å². The standard InChI is InChI=1S/C18H18N4O2S/c1-13(17(23)20-12-14-6-4-11-24-14)25-18-21-15-7-2-3-8-16(15)22(18)10-5-9-19/h2-4,6-8,11,13H,5,10,12H2,1H3,(H,20,23). The molecule has 3 aromatic rings. The van der Waals surface area contributed by atoms with E-state index in [1.54, 1.807) is 12.3 Å². The lowest BCUT2D eigenvalue weighted by molar-refractivity contribution is -0.120. The molecule has 128 valence electrons. The van der Waals surface area contributed by atoms with Crippen LogP contribution in [0.15, 0.2) is 52.2 Å². The van der Waals surface area contributed by atoms with Crippen LogP contribution in [0, 0.1) is 11.3 Å². The number of rotatable bonds is 7. The lowest BCUT2D eigenvalue weighted by Crippen LogP contribution is -2.30. The molecule has 2 heterocycles. The number of benzene rings is 1. The van der Waals surface area contributed by atoms with E-state index in [4.69, 9.17) is 9.68 Å². The number of fused-ring (bicyclic) bond motifs is 1. The van der Waals surface area contributed by atoms with Crippen molar-refractivity contribution in [1.82, 2.24) is 14.9 Å². The molecule has 1 N–H and O–H groups in total. The number of furan rings is 1. The van der Waals surface area contributed by atoms with Crippen LogP contribution < -0.4 is 5.32 Å². The van der Waals surface area contributed by atoms with Crippen LogP contribution >= 0.6 is 11.8 Å². The van der Waals surface area contributed by atoms with Gasteiger partial charge >= 0.3 is 0 Å². The third-order valence-electron chi connectivity index (χ3n) is 3.74. The second-order valence-corrected chi connectivity index (χ2v) is 6.81. The van der Waals surface area contributed by atoms with Gasteiger partial charge < -0.3 is 14.3 Å². The minimum absolute atomic E-state index is 0.0831. The van der Waals surface area contributed by atoms with Gasteiger partial charge in [-0.15, -0.1) is 0 Å². The first-order valence-corrected chi connectivity index (χ1v) is 8.86. The summed E-state index contributed by atoms with van der Waals surface area (Å²) in [5.74, 6) is 0.632. The van der Waals surface area contributed by atoms with Gasteiger partial charge in [0.25, 0.3) is 0 Å². The van der Waals surface area contributed by atoms with Crippen LogP contribution in [0.25, 0.3) is 11.0 Å². The molecule has 6 nitrogen and oxygen atoms in total. The van der Waals surface area contributed by atoms with E-state index in [1.807, 2.05) is 41.8 Å². The van der Waals surface area contributed by atoms with E-state index < -0.39 is 0 Å². The van der Waals surface area contributed by atoms with E-state index in [0.717, 1.165) is 16.2 Å². The summed E-state index contributed by atoms with van der Waals surface area (Å²) in [5.41, 5.74) is 1.84. The van der Waals surface area contributed by atoms with E-state index in [0.29, 0.717) is 25.3 Å². The van der Waals surface area contributed by atoms with Gasteiger partial charge in [-0.1, -0.05) is 23.9 Å². The maximum Gasteiger partial charge on any atom is 0.233 e. The lowest BCUT2D eigenvalue weighted by atomic mass is 10.3. The van der Waals surface area contributed by atoms with E-state index in [-0.39, 0.29) is 11.2 Å². The molecule has 25 heavy (non-hydrogen) atoms. The monoisotopic (exact) mass is 354 g/mol. The van der Waals surface area contributed by atoms with Crippen molar-refractivity contribution in [3.63, 3.8) is 0 Å². The molecule has 1 unspecified atom stereocenters. The Balaban J connectivity index is 1.72. The highest BCUT2D eigenvalue weighted by Gasteiger charge is 2.19. The van der Waals surface area contributed by atoms with Gasteiger partial charge in [0, 0.05) is 6.54 Å². The van der Waals surface area contributed by atoms with Gasteiger partial charge in [-0.25, -0.2) is 4.98 Å². The Morgan fingerprint density at radius 2 is 2.24 bits per heavy atom. The largest absolute Gasteiger partial charge is 0.467 e. The molecule has 2 aromatic heterocycles. The number of carbonyl (C=O) groups is 1. The van der Waals surface area contributed by atoms with Crippen LogP contribution in [-0.4, -0.2) is 20.7 Å². The first-order valence-electron chi connectivity index (χ1n) is 7.98. The van der Waals surface area contributed by atoms with Crippen LogP contribution in [0.2, 0.25) is 0 Å². The molecule has 0 aliphatic rings. The number of para-hydroxylation sites is 2. The molecule has 1 atom stereocenters. The maximum absolute atomic E-state index is 12.3. The lowest BCUT2D eigenvalue weighted by Gasteiger charge is -2.12. The Morgan fingerprint density at radius 3 is 3.00 bits per heavy atom. The summed E-state index contributed by atoms with van der Waals surface area (Å²) in [6, 6.07) is 13.6. The van der Waals surface area contributed by atoms with E-state index >= 15 is 0 Å². The van der Waals surface area contributed by atoms with Crippen molar-refractivity contribution in [1.29, 1.82) is 5.26 Å². The maximum atomic E-state index is 12.3. The summed E-state index contributed by atoms with van der Waals surface area (Å²) < 4.78 is 7.22. The average Bonchev–Trinajstić information content (AvgIpc) is 3.25. The molecule has 1 amide bonds. The molecule has 1 aromatic carbocycles. The smallest absolute Gasteiger partial charge is 0.233 e. The summed E-state index contributed by atoms with van der Waals surface area (Å²) >= 11 is 1.39. The van der Waals surface area contributed by atoms with Crippen molar-refractivity contribution in [2.45, 2.75) is 36.8 Å². The topological polar surface area (TPSA) is 83.8 Å². The number of aryl methyl sites for hydroxylation is 1. The highest BCUT2D eigenvalue weighted by atomic mass is 32.2.